The smallest absolute Gasteiger partial charge is 0.257 e. The second kappa shape index (κ2) is 5.80. The molecule has 1 amide bonds. The zero-order chi connectivity index (χ0) is 17.8. The van der Waals surface area contributed by atoms with E-state index in [-0.39, 0.29) is 11.3 Å². The number of fused-ring (bicyclic) bond motifs is 3. The first-order valence-corrected chi connectivity index (χ1v) is 9.12. The van der Waals surface area contributed by atoms with Crippen LogP contribution in [0.15, 0.2) is 16.8 Å². The highest BCUT2D eigenvalue weighted by Gasteiger charge is 2.36. The van der Waals surface area contributed by atoms with E-state index in [4.69, 9.17) is 4.52 Å². The van der Waals surface area contributed by atoms with E-state index in [1.165, 1.54) is 12.8 Å². The Balaban J connectivity index is 1.61. The first-order chi connectivity index (χ1) is 11.8. The van der Waals surface area contributed by atoms with Crippen LogP contribution in [0.2, 0.25) is 0 Å². The zero-order valence-electron chi connectivity index (χ0n) is 15.4. The van der Waals surface area contributed by atoms with E-state index >= 15 is 0 Å². The van der Waals surface area contributed by atoms with Crippen LogP contribution in [0.3, 0.4) is 0 Å². The molecule has 0 radical (unpaired) electrons. The van der Waals surface area contributed by atoms with E-state index in [9.17, 15) is 4.79 Å². The molecule has 0 spiro atoms. The van der Waals surface area contributed by atoms with Gasteiger partial charge in [0, 0.05) is 36.8 Å². The van der Waals surface area contributed by atoms with Crippen LogP contribution < -0.4 is 5.32 Å². The molecule has 2 unspecified atom stereocenters. The number of piperidine rings is 1. The molecule has 4 rings (SSSR count). The van der Waals surface area contributed by atoms with Crippen LogP contribution in [0.4, 0.5) is 0 Å². The summed E-state index contributed by atoms with van der Waals surface area (Å²) in [5, 5.41) is 8.62. The first kappa shape index (κ1) is 16.5. The van der Waals surface area contributed by atoms with Crippen molar-refractivity contribution in [3.8, 4) is 0 Å². The number of aromatic nitrogens is 2. The fourth-order valence-electron chi connectivity index (χ4n) is 4.20. The number of nitrogens with zero attached hydrogens (tertiary/aromatic N) is 3. The molecule has 2 aliphatic heterocycles. The van der Waals surface area contributed by atoms with E-state index in [1.807, 2.05) is 18.0 Å². The van der Waals surface area contributed by atoms with Crippen molar-refractivity contribution in [2.45, 2.75) is 70.0 Å². The Morgan fingerprint density at radius 3 is 2.60 bits per heavy atom. The fraction of sp³-hybridized carbons (Fsp3) is 0.632. The fourth-order valence-corrected chi connectivity index (χ4v) is 4.20. The minimum absolute atomic E-state index is 0.0294. The van der Waals surface area contributed by atoms with E-state index in [0.29, 0.717) is 29.4 Å². The molecule has 0 saturated carbocycles. The summed E-state index contributed by atoms with van der Waals surface area (Å²) in [6, 6.07) is 3.30. The van der Waals surface area contributed by atoms with Crippen molar-refractivity contribution in [3.05, 3.63) is 23.5 Å². The third-order valence-corrected chi connectivity index (χ3v) is 5.60. The molecule has 1 N–H and O–H groups in total. The van der Waals surface area contributed by atoms with Crippen molar-refractivity contribution in [1.29, 1.82) is 0 Å². The van der Waals surface area contributed by atoms with Gasteiger partial charge in [-0.2, -0.15) is 0 Å². The summed E-state index contributed by atoms with van der Waals surface area (Å²) in [6.45, 7) is 6.24. The molecule has 2 atom stereocenters. The molecule has 4 heterocycles. The minimum Gasteiger partial charge on any atom is -0.339 e. The van der Waals surface area contributed by atoms with Gasteiger partial charge >= 0.3 is 0 Å². The number of carbonyl (C=O) groups excluding carboxylic acids is 1. The van der Waals surface area contributed by atoms with Crippen LogP contribution in [-0.4, -0.2) is 46.1 Å². The van der Waals surface area contributed by atoms with Crippen molar-refractivity contribution in [1.82, 2.24) is 20.4 Å². The van der Waals surface area contributed by atoms with Crippen LogP contribution in [-0.2, 0) is 5.41 Å². The van der Waals surface area contributed by atoms with Crippen molar-refractivity contribution in [3.63, 3.8) is 0 Å². The SMILES string of the molecule is CN(C(=O)c1cnc2onc(C(C)(C)C)c2c1)C1CC2CCC(C1)N2. The first-order valence-electron chi connectivity index (χ1n) is 9.12. The molecule has 2 saturated heterocycles. The van der Waals surface area contributed by atoms with Gasteiger partial charge in [-0.3, -0.25) is 4.79 Å². The summed E-state index contributed by atoms with van der Waals surface area (Å²) in [6.07, 6.45) is 6.14. The van der Waals surface area contributed by atoms with Gasteiger partial charge in [-0.15, -0.1) is 0 Å². The third-order valence-electron chi connectivity index (χ3n) is 5.60. The summed E-state index contributed by atoms with van der Waals surface area (Å²) in [4.78, 5) is 19.2. The van der Waals surface area contributed by atoms with Gasteiger partial charge in [0.1, 0.15) is 0 Å². The Morgan fingerprint density at radius 1 is 1.28 bits per heavy atom. The molecule has 2 bridgehead atoms. The lowest BCUT2D eigenvalue weighted by Gasteiger charge is -2.35. The van der Waals surface area contributed by atoms with Crippen molar-refractivity contribution in [2.75, 3.05) is 7.05 Å². The van der Waals surface area contributed by atoms with E-state index in [1.54, 1.807) is 6.20 Å². The quantitative estimate of drug-likeness (QED) is 0.909. The Bertz CT molecular complexity index is 795. The molecule has 134 valence electrons. The lowest BCUT2D eigenvalue weighted by Crippen LogP contribution is -2.48. The molecule has 25 heavy (non-hydrogen) atoms. The van der Waals surface area contributed by atoms with Gasteiger partial charge in [0.25, 0.3) is 11.6 Å². The predicted octanol–water partition coefficient (Wildman–Crippen LogP) is 2.88. The molecule has 2 aromatic rings. The molecule has 0 aromatic carbocycles. The average Bonchev–Trinajstić information content (AvgIpc) is 3.15. The maximum Gasteiger partial charge on any atom is 0.257 e. The molecule has 2 fully saturated rings. The maximum absolute atomic E-state index is 13.0. The summed E-state index contributed by atoms with van der Waals surface area (Å²) in [5.41, 5.74) is 1.78. The highest BCUT2D eigenvalue weighted by atomic mass is 16.5. The highest BCUT2D eigenvalue weighted by molar-refractivity contribution is 5.97. The van der Waals surface area contributed by atoms with Crippen LogP contribution in [0.25, 0.3) is 11.1 Å². The number of nitrogens with one attached hydrogen (secondary N) is 1. The van der Waals surface area contributed by atoms with E-state index in [2.05, 4.69) is 36.2 Å². The monoisotopic (exact) mass is 342 g/mol. The average molecular weight is 342 g/mol. The van der Waals surface area contributed by atoms with Crippen LogP contribution in [0.5, 0.6) is 0 Å². The number of hydrogen-bond donors (Lipinski definition) is 1. The Labute approximate surface area is 148 Å². The Kier molecular flexibility index (Phi) is 3.83. The molecule has 2 aliphatic rings. The van der Waals surface area contributed by atoms with Crippen LogP contribution in [0.1, 0.15) is 62.5 Å². The molecular formula is C19H26N4O2. The number of rotatable bonds is 2. The Morgan fingerprint density at radius 2 is 1.96 bits per heavy atom. The van der Waals surface area contributed by atoms with Crippen molar-refractivity contribution >= 4 is 17.0 Å². The molecule has 6 nitrogen and oxygen atoms in total. The zero-order valence-corrected chi connectivity index (χ0v) is 15.4. The molecular weight excluding hydrogens is 316 g/mol. The van der Waals surface area contributed by atoms with Crippen molar-refractivity contribution < 1.29 is 9.32 Å². The van der Waals surface area contributed by atoms with Gasteiger partial charge in [-0.25, -0.2) is 4.98 Å². The van der Waals surface area contributed by atoms with Crippen molar-refractivity contribution in [2.24, 2.45) is 0 Å². The molecule has 0 aliphatic carbocycles. The van der Waals surface area contributed by atoms with Gasteiger partial charge in [0.15, 0.2) is 0 Å². The summed E-state index contributed by atoms with van der Waals surface area (Å²) >= 11 is 0. The highest BCUT2D eigenvalue weighted by Crippen LogP contribution is 2.31. The lowest BCUT2D eigenvalue weighted by molar-refractivity contribution is 0.0681. The largest absolute Gasteiger partial charge is 0.339 e. The standard InChI is InChI=1S/C19H26N4O2/c1-19(2,3)16-15-7-11(10-20-17(15)25-22-16)18(24)23(4)14-8-12-5-6-13(9-14)21-12/h7,10,12-14,21H,5-6,8-9H2,1-4H3. The van der Waals surface area contributed by atoms with E-state index in [0.717, 1.165) is 23.9 Å². The Hall–Kier alpha value is -1.95. The topological polar surface area (TPSA) is 71.3 Å². The number of pyridine rings is 1. The molecule has 2 aromatic heterocycles. The summed E-state index contributed by atoms with van der Waals surface area (Å²) in [7, 11) is 1.92. The van der Waals surface area contributed by atoms with Gasteiger partial charge in [0.05, 0.1) is 16.6 Å². The predicted molar refractivity (Wildman–Crippen MR) is 95.6 cm³/mol. The summed E-state index contributed by atoms with van der Waals surface area (Å²) in [5.74, 6) is 0.0294. The van der Waals surface area contributed by atoms with Gasteiger partial charge in [-0.1, -0.05) is 25.9 Å². The number of amides is 1. The van der Waals surface area contributed by atoms with E-state index < -0.39 is 0 Å². The molecule has 6 heteroatoms. The van der Waals surface area contributed by atoms with Crippen LogP contribution >= 0.6 is 0 Å². The van der Waals surface area contributed by atoms with Crippen LogP contribution in [0, 0.1) is 0 Å². The second-order valence-electron chi connectivity index (χ2n) is 8.54. The van der Waals surface area contributed by atoms with Gasteiger partial charge in [-0.05, 0) is 31.7 Å². The summed E-state index contributed by atoms with van der Waals surface area (Å²) < 4.78 is 5.33. The number of hydrogen-bond acceptors (Lipinski definition) is 5. The lowest BCUT2D eigenvalue weighted by atomic mass is 9.90. The normalized spacial score (nSPS) is 26.2. The number of carbonyl (C=O) groups is 1. The minimum atomic E-state index is -0.158. The maximum atomic E-state index is 13.0. The van der Waals surface area contributed by atoms with Gasteiger partial charge in [0.2, 0.25) is 0 Å². The second-order valence-corrected chi connectivity index (χ2v) is 8.54. The third kappa shape index (κ3) is 2.92. The van der Waals surface area contributed by atoms with Gasteiger partial charge < -0.3 is 14.7 Å².